The molecule has 0 aliphatic heterocycles. The number of nitrogens with two attached hydrogens (primary N) is 1. The summed E-state index contributed by atoms with van der Waals surface area (Å²) in [6.45, 7) is 8.26. The average Bonchev–Trinajstić information content (AvgIpc) is 2.55. The van der Waals surface area contributed by atoms with Crippen molar-refractivity contribution < 1.29 is 23.8 Å². The standard InChI is InChI=1S/C13H18O3.C5H11NO2/c1-3-5-10-15-13(14)16-12-8-6-11(4-2)7-9-12;1-3-4(2)8-5(6)7/h6-9H,3-5,10H2,1-2H3;4H,3H2,1-2H3,(H2,6,7). The Hall–Kier alpha value is -2.24. The number of hydrogen-bond acceptors (Lipinski definition) is 5. The number of carbonyl (C=O) groups excluding carboxylic acids is 2. The molecule has 0 aromatic heterocycles. The molecule has 0 radical (unpaired) electrons. The van der Waals surface area contributed by atoms with E-state index in [-0.39, 0.29) is 6.10 Å². The van der Waals surface area contributed by atoms with Crippen LogP contribution in [0.5, 0.6) is 5.75 Å². The number of benzene rings is 1. The minimum absolute atomic E-state index is 0.0486. The molecule has 1 aromatic carbocycles. The van der Waals surface area contributed by atoms with Crippen molar-refractivity contribution in [2.24, 2.45) is 5.73 Å². The molecule has 0 spiro atoms. The fraction of sp³-hybridized carbons (Fsp3) is 0.556. The molecule has 1 rings (SSSR count). The van der Waals surface area contributed by atoms with Gasteiger partial charge in [-0.15, -0.1) is 0 Å². The van der Waals surface area contributed by atoms with Crippen LogP contribution in [0.25, 0.3) is 0 Å². The minimum Gasteiger partial charge on any atom is -0.447 e. The largest absolute Gasteiger partial charge is 0.513 e. The van der Waals surface area contributed by atoms with Crippen LogP contribution in [0.1, 0.15) is 52.5 Å². The van der Waals surface area contributed by atoms with Crippen LogP contribution >= 0.6 is 0 Å². The van der Waals surface area contributed by atoms with Crippen molar-refractivity contribution in [2.45, 2.75) is 59.5 Å². The highest BCUT2D eigenvalue weighted by Crippen LogP contribution is 2.13. The summed E-state index contributed by atoms with van der Waals surface area (Å²) in [5, 5.41) is 0. The van der Waals surface area contributed by atoms with Gasteiger partial charge in [0.25, 0.3) is 0 Å². The summed E-state index contributed by atoms with van der Waals surface area (Å²) < 4.78 is 14.4. The van der Waals surface area contributed by atoms with E-state index in [1.165, 1.54) is 5.56 Å². The maximum Gasteiger partial charge on any atom is 0.513 e. The molecule has 0 fully saturated rings. The third kappa shape index (κ3) is 11.3. The highest BCUT2D eigenvalue weighted by molar-refractivity contribution is 5.64. The molecule has 0 bridgehead atoms. The summed E-state index contributed by atoms with van der Waals surface area (Å²) in [6.07, 6.45) is 2.27. The summed E-state index contributed by atoms with van der Waals surface area (Å²) in [6, 6.07) is 7.43. The first-order valence-corrected chi connectivity index (χ1v) is 8.32. The molecule has 2 N–H and O–H groups in total. The van der Waals surface area contributed by atoms with Crippen molar-refractivity contribution in [2.75, 3.05) is 6.61 Å². The van der Waals surface area contributed by atoms with Crippen LogP contribution in [0.2, 0.25) is 0 Å². The minimum atomic E-state index is -0.695. The van der Waals surface area contributed by atoms with Gasteiger partial charge in [0.2, 0.25) is 0 Å². The molecule has 0 saturated carbocycles. The predicted octanol–water partition coefficient (Wildman–Crippen LogP) is 4.44. The van der Waals surface area contributed by atoms with Crippen LogP contribution < -0.4 is 10.5 Å². The van der Waals surface area contributed by atoms with Crippen molar-refractivity contribution in [3.63, 3.8) is 0 Å². The second kappa shape index (κ2) is 13.2. The third-order valence-corrected chi connectivity index (χ3v) is 3.14. The van der Waals surface area contributed by atoms with Crippen LogP contribution in [0.15, 0.2) is 24.3 Å². The summed E-state index contributed by atoms with van der Waals surface area (Å²) in [4.78, 5) is 21.2. The lowest BCUT2D eigenvalue weighted by Gasteiger charge is -2.06. The number of primary amides is 1. The van der Waals surface area contributed by atoms with Gasteiger partial charge in [0.15, 0.2) is 0 Å². The number of amides is 1. The molecule has 1 aromatic rings. The van der Waals surface area contributed by atoms with Crippen molar-refractivity contribution in [1.29, 1.82) is 0 Å². The fourth-order valence-electron chi connectivity index (χ4n) is 1.50. The van der Waals surface area contributed by atoms with Gasteiger partial charge in [-0.05, 0) is 43.9 Å². The smallest absolute Gasteiger partial charge is 0.447 e. The molecule has 24 heavy (non-hydrogen) atoms. The molecule has 1 unspecified atom stereocenters. The Morgan fingerprint density at radius 3 is 2.17 bits per heavy atom. The summed E-state index contributed by atoms with van der Waals surface area (Å²) in [7, 11) is 0. The van der Waals surface area contributed by atoms with E-state index >= 15 is 0 Å². The van der Waals surface area contributed by atoms with Crippen molar-refractivity contribution in [3.05, 3.63) is 29.8 Å². The van der Waals surface area contributed by atoms with Gasteiger partial charge in [-0.25, -0.2) is 9.59 Å². The number of carbonyl (C=O) groups is 2. The number of rotatable bonds is 7. The zero-order valence-corrected chi connectivity index (χ0v) is 15.0. The monoisotopic (exact) mass is 339 g/mol. The van der Waals surface area contributed by atoms with E-state index in [1.54, 1.807) is 19.1 Å². The van der Waals surface area contributed by atoms with E-state index in [1.807, 2.05) is 26.0 Å². The molecule has 0 aliphatic rings. The molecule has 0 heterocycles. The molecule has 1 amide bonds. The van der Waals surface area contributed by atoms with Crippen molar-refractivity contribution >= 4 is 12.2 Å². The van der Waals surface area contributed by atoms with Gasteiger partial charge in [0.05, 0.1) is 6.61 Å². The lowest BCUT2D eigenvalue weighted by molar-refractivity contribution is 0.0978. The molecular weight excluding hydrogens is 310 g/mol. The molecular formula is C18H29NO5. The highest BCUT2D eigenvalue weighted by Gasteiger charge is 2.05. The van der Waals surface area contributed by atoms with Crippen LogP contribution in [0.4, 0.5) is 9.59 Å². The summed E-state index contributed by atoms with van der Waals surface area (Å²) in [5.41, 5.74) is 5.92. The van der Waals surface area contributed by atoms with Crippen molar-refractivity contribution in [3.8, 4) is 5.75 Å². The Balaban J connectivity index is 0.000000561. The third-order valence-electron chi connectivity index (χ3n) is 3.14. The molecule has 6 nitrogen and oxygen atoms in total. The van der Waals surface area contributed by atoms with Gasteiger partial charge in [-0.1, -0.05) is 39.3 Å². The van der Waals surface area contributed by atoms with Gasteiger partial charge in [0.1, 0.15) is 11.9 Å². The Kier molecular flexibility index (Phi) is 12.0. The van der Waals surface area contributed by atoms with E-state index in [9.17, 15) is 9.59 Å². The van der Waals surface area contributed by atoms with Gasteiger partial charge in [-0.2, -0.15) is 0 Å². The second-order valence-corrected chi connectivity index (χ2v) is 5.21. The number of aryl methyl sites for hydroxylation is 1. The number of ether oxygens (including phenoxy) is 3. The Morgan fingerprint density at radius 1 is 1.12 bits per heavy atom. The lowest BCUT2D eigenvalue weighted by Crippen LogP contribution is -2.19. The predicted molar refractivity (Wildman–Crippen MR) is 93.1 cm³/mol. The van der Waals surface area contributed by atoms with Gasteiger partial charge in [0, 0.05) is 0 Å². The number of unbranched alkanes of at least 4 members (excludes halogenated alkanes) is 1. The topological polar surface area (TPSA) is 87.9 Å². The fourth-order valence-corrected chi connectivity index (χ4v) is 1.50. The number of hydrogen-bond donors (Lipinski definition) is 1. The maximum absolute atomic E-state index is 11.2. The Labute approximate surface area is 144 Å². The van der Waals surface area contributed by atoms with Crippen molar-refractivity contribution in [1.82, 2.24) is 0 Å². The zero-order valence-electron chi connectivity index (χ0n) is 15.0. The van der Waals surface area contributed by atoms with E-state index < -0.39 is 12.2 Å². The maximum atomic E-state index is 11.2. The Morgan fingerprint density at radius 2 is 1.75 bits per heavy atom. The molecule has 0 aliphatic carbocycles. The average molecular weight is 339 g/mol. The van der Waals surface area contributed by atoms with E-state index in [4.69, 9.17) is 15.2 Å². The first-order valence-electron chi connectivity index (χ1n) is 8.32. The zero-order chi connectivity index (χ0) is 18.4. The van der Waals surface area contributed by atoms with E-state index in [0.29, 0.717) is 12.4 Å². The molecule has 1 atom stereocenters. The Bertz CT molecular complexity index is 473. The SMILES string of the molecule is CCC(C)OC(N)=O.CCCCOC(=O)Oc1ccc(CC)cc1. The second-order valence-electron chi connectivity index (χ2n) is 5.21. The first kappa shape index (κ1) is 21.8. The lowest BCUT2D eigenvalue weighted by atomic mass is 10.2. The van der Waals surface area contributed by atoms with Gasteiger partial charge < -0.3 is 19.9 Å². The normalized spacial score (nSPS) is 10.8. The highest BCUT2D eigenvalue weighted by atomic mass is 16.7. The van der Waals surface area contributed by atoms with Crippen LogP contribution in [0.3, 0.4) is 0 Å². The first-order chi connectivity index (χ1) is 11.4. The molecule has 0 saturated heterocycles. The van der Waals surface area contributed by atoms with E-state index in [0.717, 1.165) is 25.7 Å². The van der Waals surface area contributed by atoms with Crippen LogP contribution in [0, 0.1) is 0 Å². The quantitative estimate of drug-likeness (QED) is 0.450. The van der Waals surface area contributed by atoms with Gasteiger partial charge >= 0.3 is 12.2 Å². The van der Waals surface area contributed by atoms with Crippen LogP contribution in [-0.4, -0.2) is 25.0 Å². The molecule has 6 heteroatoms. The molecule has 136 valence electrons. The van der Waals surface area contributed by atoms with E-state index in [2.05, 4.69) is 11.7 Å². The summed E-state index contributed by atoms with van der Waals surface area (Å²) >= 11 is 0. The van der Waals surface area contributed by atoms with Crippen LogP contribution in [-0.2, 0) is 15.9 Å². The summed E-state index contributed by atoms with van der Waals surface area (Å²) in [5.74, 6) is 0.527. The van der Waals surface area contributed by atoms with Gasteiger partial charge in [-0.3, -0.25) is 0 Å².